The average Bonchev–Trinajstić information content (AvgIpc) is 3.71. The molecule has 1 atom stereocenters. The van der Waals surface area contributed by atoms with E-state index in [0.29, 0.717) is 48.9 Å². The van der Waals surface area contributed by atoms with Crippen LogP contribution in [0.5, 0.6) is 0 Å². The summed E-state index contributed by atoms with van der Waals surface area (Å²) in [5.74, 6) is 0.431. The van der Waals surface area contributed by atoms with Gasteiger partial charge in [0, 0.05) is 15.8 Å². The maximum absolute atomic E-state index is 13.9. The number of amides is 1. The lowest BCUT2D eigenvalue weighted by Crippen LogP contribution is -2.23. The van der Waals surface area contributed by atoms with Crippen LogP contribution in [0, 0.1) is 5.92 Å². The number of anilines is 1. The second-order valence-electron chi connectivity index (χ2n) is 9.79. The molecule has 4 aromatic heterocycles. The van der Waals surface area contributed by atoms with Crippen LogP contribution in [0.15, 0.2) is 68.5 Å². The van der Waals surface area contributed by atoms with E-state index in [4.69, 9.17) is 14.1 Å². The first-order valence-corrected chi connectivity index (χ1v) is 16.0. The van der Waals surface area contributed by atoms with E-state index in [1.165, 1.54) is 39.0 Å². The highest BCUT2D eigenvalue weighted by Crippen LogP contribution is 2.40. The minimum absolute atomic E-state index is 0.00241. The zero-order valence-corrected chi connectivity index (χ0v) is 24.9. The molecular formula is C30H27N3O5S3. The fourth-order valence-electron chi connectivity index (χ4n) is 5.04. The van der Waals surface area contributed by atoms with Gasteiger partial charge < -0.3 is 14.5 Å². The van der Waals surface area contributed by atoms with Gasteiger partial charge in [-0.3, -0.25) is 14.2 Å². The molecule has 0 radical (unpaired) electrons. The molecule has 0 saturated carbocycles. The quantitative estimate of drug-likeness (QED) is 0.118. The molecule has 0 fully saturated rings. The first-order chi connectivity index (χ1) is 19.9. The van der Waals surface area contributed by atoms with E-state index in [1.807, 2.05) is 41.8 Å². The molecular weight excluding hydrogens is 579 g/mol. The summed E-state index contributed by atoms with van der Waals surface area (Å²) in [5.41, 5.74) is 2.57. The van der Waals surface area contributed by atoms with Gasteiger partial charge in [0.1, 0.15) is 15.6 Å². The van der Waals surface area contributed by atoms with E-state index in [-0.39, 0.29) is 23.8 Å². The number of hydrogen-bond acceptors (Lipinski definition) is 9. The minimum Gasteiger partial charge on any atom is -0.464 e. The number of nitrogens with one attached hydrogen (secondary N) is 1. The van der Waals surface area contributed by atoms with Crippen molar-refractivity contribution < 1.29 is 18.7 Å². The van der Waals surface area contributed by atoms with Gasteiger partial charge in [-0.25, -0.2) is 9.78 Å². The van der Waals surface area contributed by atoms with Gasteiger partial charge >= 0.3 is 5.97 Å². The number of benzene rings is 1. The molecule has 1 unspecified atom stereocenters. The van der Waals surface area contributed by atoms with Gasteiger partial charge in [-0.05, 0) is 61.9 Å². The Hall–Kier alpha value is -3.67. The number of para-hydroxylation sites is 1. The number of nitrogens with zero attached hydrogens (tertiary/aromatic N) is 2. The van der Waals surface area contributed by atoms with Crippen LogP contribution in [-0.2, 0) is 22.4 Å². The number of esters is 1. The van der Waals surface area contributed by atoms with Crippen molar-refractivity contribution in [3.05, 3.63) is 80.5 Å². The first kappa shape index (κ1) is 27.5. The number of carbonyl (C=O) groups is 2. The molecule has 1 aromatic carbocycles. The zero-order chi connectivity index (χ0) is 28.5. The fraction of sp³-hybridized carbons (Fsp3) is 0.267. The van der Waals surface area contributed by atoms with Crippen LogP contribution in [0.4, 0.5) is 5.00 Å². The lowest BCUT2D eigenvalue weighted by atomic mass is 9.88. The van der Waals surface area contributed by atoms with Gasteiger partial charge in [0.2, 0.25) is 5.91 Å². The van der Waals surface area contributed by atoms with E-state index in [1.54, 1.807) is 19.3 Å². The molecule has 41 heavy (non-hydrogen) atoms. The number of thioether (sulfide) groups is 1. The summed E-state index contributed by atoms with van der Waals surface area (Å²) in [7, 11) is 0. The van der Waals surface area contributed by atoms with E-state index < -0.39 is 5.97 Å². The zero-order valence-electron chi connectivity index (χ0n) is 22.5. The summed E-state index contributed by atoms with van der Waals surface area (Å²) in [4.78, 5) is 46.5. The molecule has 4 heterocycles. The Morgan fingerprint density at radius 1 is 1.22 bits per heavy atom. The van der Waals surface area contributed by atoms with Gasteiger partial charge in [0.25, 0.3) is 5.56 Å². The maximum Gasteiger partial charge on any atom is 0.341 e. The molecule has 0 saturated heterocycles. The van der Waals surface area contributed by atoms with E-state index in [0.717, 1.165) is 29.7 Å². The molecule has 0 bridgehead atoms. The van der Waals surface area contributed by atoms with Crippen molar-refractivity contribution in [2.75, 3.05) is 17.7 Å². The summed E-state index contributed by atoms with van der Waals surface area (Å²) in [6, 6.07) is 12.8. The molecule has 0 aliphatic heterocycles. The highest BCUT2D eigenvalue weighted by molar-refractivity contribution is 7.99. The molecule has 1 amide bonds. The Bertz CT molecular complexity index is 1790. The molecule has 0 spiro atoms. The van der Waals surface area contributed by atoms with Crippen molar-refractivity contribution >= 4 is 61.5 Å². The number of rotatable bonds is 8. The molecule has 1 aliphatic rings. The lowest BCUT2D eigenvalue weighted by Gasteiger charge is -2.18. The van der Waals surface area contributed by atoms with Crippen LogP contribution in [-0.4, -0.2) is 33.8 Å². The van der Waals surface area contributed by atoms with Crippen LogP contribution in [0.2, 0.25) is 0 Å². The third-order valence-electron chi connectivity index (χ3n) is 6.95. The Morgan fingerprint density at radius 3 is 2.80 bits per heavy atom. The smallest absolute Gasteiger partial charge is 0.341 e. The average molecular weight is 606 g/mol. The second-order valence-corrected chi connectivity index (χ2v) is 12.7. The Morgan fingerprint density at radius 2 is 2.05 bits per heavy atom. The number of furan rings is 1. The Labute approximate surface area is 248 Å². The predicted octanol–water partition coefficient (Wildman–Crippen LogP) is 6.80. The summed E-state index contributed by atoms with van der Waals surface area (Å²) in [6.07, 6.45) is 4.24. The number of fused-ring (bicyclic) bond motifs is 2. The second kappa shape index (κ2) is 11.7. The number of thiophene rings is 2. The van der Waals surface area contributed by atoms with Crippen molar-refractivity contribution in [2.45, 2.75) is 38.3 Å². The van der Waals surface area contributed by atoms with Crippen LogP contribution < -0.4 is 10.9 Å². The Kier molecular flexibility index (Phi) is 7.83. The van der Waals surface area contributed by atoms with Crippen molar-refractivity contribution in [3.8, 4) is 17.0 Å². The predicted molar refractivity (Wildman–Crippen MR) is 164 cm³/mol. The lowest BCUT2D eigenvalue weighted by molar-refractivity contribution is -0.113. The monoisotopic (exact) mass is 605 g/mol. The Balaban J connectivity index is 1.31. The molecule has 210 valence electrons. The summed E-state index contributed by atoms with van der Waals surface area (Å²) >= 11 is 3.99. The van der Waals surface area contributed by atoms with E-state index >= 15 is 0 Å². The summed E-state index contributed by atoms with van der Waals surface area (Å²) < 4.78 is 12.4. The molecule has 5 aromatic rings. The van der Waals surface area contributed by atoms with E-state index in [2.05, 4.69) is 12.2 Å². The number of ether oxygens (including phenoxy) is 1. The number of hydrogen-bond donors (Lipinski definition) is 1. The maximum atomic E-state index is 13.9. The highest BCUT2D eigenvalue weighted by atomic mass is 32.2. The highest BCUT2D eigenvalue weighted by Gasteiger charge is 2.29. The molecule has 11 heteroatoms. The van der Waals surface area contributed by atoms with Gasteiger partial charge in [0.05, 0.1) is 35.3 Å². The SMILES string of the molecule is CCOC(=O)c1c(NC(=O)CSc2nc3scc(-c4ccco4)c3c(=O)n2-c2ccccc2)sc2c1CCC(C)C2. The van der Waals surface area contributed by atoms with Gasteiger partial charge in [-0.2, -0.15) is 0 Å². The van der Waals surface area contributed by atoms with Gasteiger partial charge in [0.15, 0.2) is 5.16 Å². The normalized spacial score (nSPS) is 14.6. The van der Waals surface area contributed by atoms with Crippen LogP contribution in [0.1, 0.15) is 41.1 Å². The van der Waals surface area contributed by atoms with Crippen LogP contribution in [0.3, 0.4) is 0 Å². The van der Waals surface area contributed by atoms with Gasteiger partial charge in [-0.15, -0.1) is 22.7 Å². The summed E-state index contributed by atoms with van der Waals surface area (Å²) in [6.45, 7) is 4.23. The summed E-state index contributed by atoms with van der Waals surface area (Å²) in [5, 5.41) is 6.23. The van der Waals surface area contributed by atoms with Crippen LogP contribution >= 0.6 is 34.4 Å². The number of carbonyl (C=O) groups excluding carboxylic acids is 2. The van der Waals surface area contributed by atoms with Crippen LogP contribution in [0.25, 0.3) is 27.2 Å². The fourth-order valence-corrected chi connectivity index (χ4v) is 8.23. The van der Waals surface area contributed by atoms with Gasteiger partial charge in [-0.1, -0.05) is 36.9 Å². The van der Waals surface area contributed by atoms with E-state index in [9.17, 15) is 14.4 Å². The van der Waals surface area contributed by atoms with Crippen molar-refractivity contribution in [1.82, 2.24) is 9.55 Å². The topological polar surface area (TPSA) is 103 Å². The molecule has 1 N–H and O–H groups in total. The molecule has 6 rings (SSSR count). The largest absolute Gasteiger partial charge is 0.464 e. The van der Waals surface area contributed by atoms with Crippen molar-refractivity contribution in [2.24, 2.45) is 5.92 Å². The van der Waals surface area contributed by atoms with Crippen molar-refractivity contribution in [3.63, 3.8) is 0 Å². The minimum atomic E-state index is -0.405. The standard InChI is InChI=1S/C30H27N3O5S3/c1-3-37-29(36)25-19-12-11-17(2)14-22(19)41-27(25)31-23(34)16-40-30-32-26-24(20(15-39-26)21-10-7-13-38-21)28(35)33(30)18-8-5-4-6-9-18/h4-10,13,15,17H,3,11-12,14,16H2,1-2H3,(H,31,34). The third-order valence-corrected chi connectivity index (χ3v) is 9.94. The third kappa shape index (κ3) is 5.37. The number of aromatic nitrogens is 2. The molecule has 1 aliphatic carbocycles. The first-order valence-electron chi connectivity index (χ1n) is 13.3. The van der Waals surface area contributed by atoms with Crippen molar-refractivity contribution in [1.29, 1.82) is 0 Å². The molecule has 8 nitrogen and oxygen atoms in total.